The molecule has 0 aliphatic heterocycles. The molecule has 0 aromatic carbocycles. The van der Waals surface area contributed by atoms with Crippen LogP contribution < -0.4 is 0 Å². The number of aliphatic hydroxyl groups excluding tert-OH is 2. The van der Waals surface area contributed by atoms with Gasteiger partial charge in [-0.05, 0) is 0 Å². The predicted octanol–water partition coefficient (Wildman–Crippen LogP) is 0.705. The van der Waals surface area contributed by atoms with Crippen molar-refractivity contribution in [3.63, 3.8) is 0 Å². The van der Waals surface area contributed by atoms with Gasteiger partial charge in [-0.15, -0.1) is 0 Å². The van der Waals surface area contributed by atoms with Crippen molar-refractivity contribution in [2.24, 2.45) is 0 Å². The summed E-state index contributed by atoms with van der Waals surface area (Å²) in [5.74, 6) is 0. The van der Waals surface area contributed by atoms with Crippen molar-refractivity contribution in [1.82, 2.24) is 0 Å². The summed E-state index contributed by atoms with van der Waals surface area (Å²) in [6.45, 7) is -0.250. The van der Waals surface area contributed by atoms with E-state index < -0.39 is 0 Å². The molecule has 0 bridgehead atoms. The molecule has 2 nitrogen and oxygen atoms in total. The van der Waals surface area contributed by atoms with E-state index in [2.05, 4.69) is 31.9 Å². The Labute approximate surface area is 59.8 Å². The van der Waals surface area contributed by atoms with Gasteiger partial charge in [-0.25, -0.2) is 0 Å². The molecule has 0 rings (SSSR count). The second-order valence-electron chi connectivity index (χ2n) is 0.548. The minimum Gasteiger partial charge on any atom is -0.394 e. The lowest BCUT2D eigenvalue weighted by atomic mass is 10.8. The summed E-state index contributed by atoms with van der Waals surface area (Å²) in [6, 6.07) is 0. The highest BCUT2D eigenvalue weighted by molar-refractivity contribution is 9.24. The zero-order valence-corrected chi connectivity index (χ0v) is 6.94. The molecule has 0 aromatic rings. The van der Waals surface area contributed by atoms with E-state index in [9.17, 15) is 0 Å². The lowest BCUT2D eigenvalue weighted by molar-refractivity contribution is 0.186. The maximum Gasteiger partial charge on any atom is 0.0662 e. The van der Waals surface area contributed by atoms with Crippen LogP contribution in [0.2, 0.25) is 0 Å². The highest BCUT2D eigenvalue weighted by Gasteiger charge is 1.58. The lowest BCUT2D eigenvalue weighted by Crippen LogP contribution is -1.85. The first-order chi connectivity index (χ1) is 3.33. The standard InChI is InChI=1S/C2H6O2.CH2Br2/c3-1-2-4;2-1-3/h3-4H,1-2H2;1H2. The molecule has 0 aliphatic carbocycles. The monoisotopic (exact) mass is 234 g/mol. The van der Waals surface area contributed by atoms with Crippen molar-refractivity contribution in [1.29, 1.82) is 0 Å². The molecular formula is C3H8Br2O2. The highest BCUT2D eigenvalue weighted by atomic mass is 79.9. The van der Waals surface area contributed by atoms with Crippen molar-refractivity contribution in [2.75, 3.05) is 17.5 Å². The Bertz CT molecular complexity index is 18.4. The van der Waals surface area contributed by atoms with Crippen LogP contribution in [0.4, 0.5) is 0 Å². The summed E-state index contributed by atoms with van der Waals surface area (Å²) in [7, 11) is 0. The second-order valence-corrected chi connectivity index (χ2v) is 3.17. The summed E-state index contributed by atoms with van der Waals surface area (Å²) < 4.78 is 0.875. The van der Waals surface area contributed by atoms with E-state index in [1.54, 1.807) is 0 Å². The maximum absolute atomic E-state index is 7.62. The molecule has 0 spiro atoms. The Morgan fingerprint density at radius 2 is 1.14 bits per heavy atom. The van der Waals surface area contributed by atoms with E-state index in [1.165, 1.54) is 0 Å². The molecular weight excluding hydrogens is 228 g/mol. The van der Waals surface area contributed by atoms with E-state index in [0.29, 0.717) is 0 Å². The smallest absolute Gasteiger partial charge is 0.0662 e. The minimum absolute atomic E-state index is 0.125. The van der Waals surface area contributed by atoms with Crippen molar-refractivity contribution < 1.29 is 10.2 Å². The van der Waals surface area contributed by atoms with E-state index in [4.69, 9.17) is 10.2 Å². The number of hydrogen-bond acceptors (Lipinski definition) is 2. The summed E-state index contributed by atoms with van der Waals surface area (Å²) in [6.07, 6.45) is 0. The molecule has 0 fully saturated rings. The zero-order valence-electron chi connectivity index (χ0n) is 3.77. The number of rotatable bonds is 1. The van der Waals surface area contributed by atoms with Crippen LogP contribution in [0.1, 0.15) is 0 Å². The number of halogens is 2. The third-order valence-corrected chi connectivity index (χ3v) is 0.1000. The lowest BCUT2D eigenvalue weighted by Gasteiger charge is -1.70. The van der Waals surface area contributed by atoms with Crippen LogP contribution in [-0.2, 0) is 0 Å². The van der Waals surface area contributed by atoms with Gasteiger partial charge in [0.15, 0.2) is 0 Å². The van der Waals surface area contributed by atoms with Gasteiger partial charge in [-0.2, -0.15) is 0 Å². The molecule has 0 atom stereocenters. The van der Waals surface area contributed by atoms with E-state index in [0.717, 1.165) is 4.24 Å². The largest absolute Gasteiger partial charge is 0.394 e. The summed E-state index contributed by atoms with van der Waals surface area (Å²) in [5, 5.41) is 15.2. The Morgan fingerprint density at radius 3 is 1.14 bits per heavy atom. The highest BCUT2D eigenvalue weighted by Crippen LogP contribution is 1.83. The summed E-state index contributed by atoms with van der Waals surface area (Å²) >= 11 is 6.12. The summed E-state index contributed by atoms with van der Waals surface area (Å²) in [5.41, 5.74) is 0. The number of aliphatic hydroxyl groups is 2. The normalized spacial score (nSPS) is 6.86. The molecule has 0 radical (unpaired) electrons. The van der Waals surface area contributed by atoms with Crippen molar-refractivity contribution in [3.8, 4) is 0 Å². The van der Waals surface area contributed by atoms with Gasteiger partial charge in [0.05, 0.1) is 17.5 Å². The first-order valence-electron chi connectivity index (χ1n) is 1.67. The Morgan fingerprint density at radius 1 is 1.00 bits per heavy atom. The maximum atomic E-state index is 7.62. The number of alkyl halides is 2. The average Bonchev–Trinajstić information content (AvgIpc) is 1.69. The fourth-order valence-electron chi connectivity index (χ4n) is 0. The second kappa shape index (κ2) is 15.8. The van der Waals surface area contributed by atoms with Crippen molar-refractivity contribution in [2.45, 2.75) is 0 Å². The SMILES string of the molecule is BrCBr.OCCO. The number of hydrogen-bond donors (Lipinski definition) is 2. The topological polar surface area (TPSA) is 40.5 Å². The van der Waals surface area contributed by atoms with Gasteiger partial charge in [-0.1, -0.05) is 31.9 Å². The fourth-order valence-corrected chi connectivity index (χ4v) is 0. The quantitative estimate of drug-likeness (QED) is 0.658. The molecule has 0 amide bonds. The van der Waals surface area contributed by atoms with Crippen molar-refractivity contribution >= 4 is 31.9 Å². The van der Waals surface area contributed by atoms with Gasteiger partial charge < -0.3 is 10.2 Å². The molecule has 7 heavy (non-hydrogen) atoms. The predicted molar refractivity (Wildman–Crippen MR) is 36.9 cm³/mol. The van der Waals surface area contributed by atoms with Crippen LogP contribution in [0.5, 0.6) is 0 Å². The van der Waals surface area contributed by atoms with E-state index >= 15 is 0 Å². The van der Waals surface area contributed by atoms with E-state index in [1.807, 2.05) is 0 Å². The minimum atomic E-state index is -0.125. The zero-order chi connectivity index (χ0) is 6.12. The molecule has 0 saturated heterocycles. The van der Waals surface area contributed by atoms with Gasteiger partial charge in [-0.3, -0.25) is 0 Å². The van der Waals surface area contributed by atoms with Crippen LogP contribution in [-0.4, -0.2) is 27.7 Å². The summed E-state index contributed by atoms with van der Waals surface area (Å²) in [4.78, 5) is 0. The van der Waals surface area contributed by atoms with Crippen LogP contribution in [0, 0.1) is 0 Å². The molecule has 0 aromatic heterocycles. The average molecular weight is 236 g/mol. The van der Waals surface area contributed by atoms with Crippen LogP contribution in [0.25, 0.3) is 0 Å². The fraction of sp³-hybridized carbons (Fsp3) is 1.00. The van der Waals surface area contributed by atoms with Gasteiger partial charge >= 0.3 is 0 Å². The molecule has 0 heterocycles. The van der Waals surface area contributed by atoms with Gasteiger partial charge in [0.2, 0.25) is 0 Å². The van der Waals surface area contributed by atoms with Gasteiger partial charge in [0.25, 0.3) is 0 Å². The molecule has 2 N–H and O–H groups in total. The molecule has 46 valence electrons. The van der Waals surface area contributed by atoms with Crippen molar-refractivity contribution in [3.05, 3.63) is 0 Å². The Balaban J connectivity index is 0. The van der Waals surface area contributed by atoms with Crippen LogP contribution >= 0.6 is 31.9 Å². The van der Waals surface area contributed by atoms with Gasteiger partial charge in [0, 0.05) is 0 Å². The Kier molecular flexibility index (Phi) is 24.4. The molecule has 0 unspecified atom stereocenters. The van der Waals surface area contributed by atoms with Gasteiger partial charge in [0.1, 0.15) is 0 Å². The third kappa shape index (κ3) is 46.4. The van der Waals surface area contributed by atoms with Crippen LogP contribution in [0.3, 0.4) is 0 Å². The van der Waals surface area contributed by atoms with E-state index in [-0.39, 0.29) is 13.2 Å². The Hall–Kier alpha value is 0.880. The first kappa shape index (κ1) is 10.8. The first-order valence-corrected chi connectivity index (χ1v) is 3.91. The molecule has 0 saturated carbocycles. The third-order valence-electron chi connectivity index (χ3n) is 0.1000. The molecule has 4 heteroatoms. The van der Waals surface area contributed by atoms with Crippen LogP contribution in [0.15, 0.2) is 0 Å². The molecule has 0 aliphatic rings.